The largest absolute Gasteiger partial charge is 0.462 e. The van der Waals surface area contributed by atoms with E-state index in [0.29, 0.717) is 25.7 Å². The first-order valence-corrected chi connectivity index (χ1v) is 10.6. The lowest BCUT2D eigenvalue weighted by Crippen LogP contribution is -2.32. The molecule has 3 fully saturated rings. The monoisotopic (exact) mass is 350 g/mol. The van der Waals surface area contributed by atoms with E-state index in [1.54, 1.807) is 0 Å². The fraction of sp³-hybridized carbons (Fsp3) is 0.864. The summed E-state index contributed by atoms with van der Waals surface area (Å²) in [6.45, 7) is 3.87. The molecule has 0 aliphatic heterocycles. The van der Waals surface area contributed by atoms with E-state index in [1.165, 1.54) is 44.9 Å². The highest BCUT2D eigenvalue weighted by Crippen LogP contribution is 2.42. The number of carbonyl (C=O) groups excluding carboxylic acids is 1. The van der Waals surface area contributed by atoms with Crippen molar-refractivity contribution in [2.75, 3.05) is 0 Å². The molecule has 3 aliphatic carbocycles. The standard InChI is InChI=1S/C22H35FO2/c1-2-3-16-4-6-17(7-5-16)18-8-10-19(11-9-18)22(24)25-21-14-12-20(23)13-15-21/h2,16-21H,1,3-15H2. The molecule has 0 aromatic rings. The topological polar surface area (TPSA) is 26.3 Å². The van der Waals surface area contributed by atoms with Gasteiger partial charge >= 0.3 is 5.97 Å². The average Bonchev–Trinajstić information content (AvgIpc) is 2.65. The van der Waals surface area contributed by atoms with Gasteiger partial charge in [-0.25, -0.2) is 4.39 Å². The lowest BCUT2D eigenvalue weighted by Gasteiger charge is -2.37. The minimum atomic E-state index is -0.688. The fourth-order valence-electron chi connectivity index (χ4n) is 5.36. The van der Waals surface area contributed by atoms with Crippen molar-refractivity contribution < 1.29 is 13.9 Å². The second kappa shape index (κ2) is 9.19. The number of halogens is 1. The molecule has 0 spiro atoms. The first-order chi connectivity index (χ1) is 12.2. The molecule has 0 heterocycles. The average molecular weight is 351 g/mol. The Morgan fingerprint density at radius 3 is 2.00 bits per heavy atom. The van der Waals surface area contributed by atoms with Gasteiger partial charge in [-0.05, 0) is 101 Å². The Morgan fingerprint density at radius 2 is 1.44 bits per heavy atom. The first kappa shape index (κ1) is 18.9. The number of hydrogen-bond acceptors (Lipinski definition) is 2. The quantitative estimate of drug-likeness (QED) is 0.449. The van der Waals surface area contributed by atoms with Crippen molar-refractivity contribution in [2.24, 2.45) is 23.7 Å². The van der Waals surface area contributed by atoms with Crippen molar-refractivity contribution in [3.8, 4) is 0 Å². The van der Waals surface area contributed by atoms with Crippen LogP contribution in [0.15, 0.2) is 12.7 Å². The Hall–Kier alpha value is -0.860. The Kier molecular flexibility index (Phi) is 6.95. The maximum atomic E-state index is 13.2. The summed E-state index contributed by atoms with van der Waals surface area (Å²) in [5.74, 6) is 2.64. The molecule has 0 N–H and O–H groups in total. The molecule has 3 saturated carbocycles. The van der Waals surface area contributed by atoms with Crippen LogP contribution in [0, 0.1) is 23.7 Å². The van der Waals surface area contributed by atoms with Gasteiger partial charge in [0.15, 0.2) is 0 Å². The normalized spacial score (nSPS) is 39.6. The van der Waals surface area contributed by atoms with E-state index in [2.05, 4.69) is 12.7 Å². The second-order valence-corrected chi connectivity index (χ2v) is 8.73. The number of hydrogen-bond donors (Lipinski definition) is 0. The molecule has 25 heavy (non-hydrogen) atoms. The van der Waals surface area contributed by atoms with Gasteiger partial charge < -0.3 is 4.74 Å². The van der Waals surface area contributed by atoms with Crippen molar-refractivity contribution in [1.29, 1.82) is 0 Å². The summed E-state index contributed by atoms with van der Waals surface area (Å²) < 4.78 is 18.9. The molecule has 3 heteroatoms. The van der Waals surface area contributed by atoms with E-state index in [9.17, 15) is 9.18 Å². The molecule has 0 bridgehead atoms. The number of alkyl halides is 1. The SMILES string of the molecule is C=CCC1CCC(C2CCC(C(=O)OC3CCC(F)CC3)CC2)CC1. The molecule has 3 rings (SSSR count). The molecule has 0 aromatic heterocycles. The molecule has 0 aromatic carbocycles. The van der Waals surface area contributed by atoms with E-state index in [1.807, 2.05) is 0 Å². The van der Waals surface area contributed by atoms with Gasteiger partial charge in [0.05, 0.1) is 5.92 Å². The van der Waals surface area contributed by atoms with E-state index < -0.39 is 6.17 Å². The summed E-state index contributed by atoms with van der Waals surface area (Å²) in [6.07, 6.45) is 14.9. The number of carbonyl (C=O) groups is 1. The van der Waals surface area contributed by atoms with Crippen molar-refractivity contribution in [3.63, 3.8) is 0 Å². The minimum absolute atomic E-state index is 0.00421. The van der Waals surface area contributed by atoms with Crippen LogP contribution in [0.1, 0.15) is 83.5 Å². The van der Waals surface area contributed by atoms with Gasteiger partial charge in [-0.15, -0.1) is 6.58 Å². The third kappa shape index (κ3) is 5.31. The maximum Gasteiger partial charge on any atom is 0.309 e. The number of allylic oxidation sites excluding steroid dienone is 1. The smallest absolute Gasteiger partial charge is 0.309 e. The third-order valence-electron chi connectivity index (χ3n) is 7.05. The van der Waals surface area contributed by atoms with Gasteiger partial charge in [-0.3, -0.25) is 4.79 Å². The Balaban J connectivity index is 1.37. The molecule has 0 saturated heterocycles. The lowest BCUT2D eigenvalue weighted by atomic mass is 9.69. The Bertz CT molecular complexity index is 425. The zero-order valence-corrected chi connectivity index (χ0v) is 15.6. The van der Waals surface area contributed by atoms with E-state index in [0.717, 1.165) is 30.6 Å². The van der Waals surface area contributed by atoms with Crippen LogP contribution in [0.3, 0.4) is 0 Å². The zero-order chi connectivity index (χ0) is 17.6. The van der Waals surface area contributed by atoms with Gasteiger partial charge in [0.2, 0.25) is 0 Å². The van der Waals surface area contributed by atoms with Crippen molar-refractivity contribution in [1.82, 2.24) is 0 Å². The van der Waals surface area contributed by atoms with Crippen LogP contribution < -0.4 is 0 Å². The van der Waals surface area contributed by atoms with Crippen LogP contribution in [0.5, 0.6) is 0 Å². The van der Waals surface area contributed by atoms with E-state index in [-0.39, 0.29) is 18.0 Å². The summed E-state index contributed by atoms with van der Waals surface area (Å²) in [5.41, 5.74) is 0. The van der Waals surface area contributed by atoms with Gasteiger partial charge in [0, 0.05) is 0 Å². The highest BCUT2D eigenvalue weighted by atomic mass is 19.1. The number of ether oxygens (including phenoxy) is 1. The Morgan fingerprint density at radius 1 is 0.880 bits per heavy atom. The van der Waals surface area contributed by atoms with Crippen LogP contribution in [-0.2, 0) is 9.53 Å². The molecule has 3 aliphatic rings. The van der Waals surface area contributed by atoms with Gasteiger partial charge in [-0.1, -0.05) is 6.08 Å². The highest BCUT2D eigenvalue weighted by Gasteiger charge is 2.34. The molecule has 0 radical (unpaired) electrons. The third-order valence-corrected chi connectivity index (χ3v) is 7.05. The predicted octanol–water partition coefficient (Wildman–Crippen LogP) is 6.00. The summed E-state index contributed by atoms with van der Waals surface area (Å²) in [7, 11) is 0. The van der Waals surface area contributed by atoms with Crippen LogP contribution in [0.25, 0.3) is 0 Å². The summed E-state index contributed by atoms with van der Waals surface area (Å²) >= 11 is 0. The van der Waals surface area contributed by atoms with Crippen molar-refractivity contribution in [2.45, 2.75) is 95.7 Å². The summed E-state index contributed by atoms with van der Waals surface area (Å²) in [4.78, 5) is 12.4. The van der Waals surface area contributed by atoms with Gasteiger partial charge in [0.25, 0.3) is 0 Å². The van der Waals surface area contributed by atoms with Crippen LogP contribution in [-0.4, -0.2) is 18.2 Å². The van der Waals surface area contributed by atoms with E-state index >= 15 is 0 Å². The summed E-state index contributed by atoms with van der Waals surface area (Å²) in [5, 5.41) is 0. The minimum Gasteiger partial charge on any atom is -0.462 e. The zero-order valence-electron chi connectivity index (χ0n) is 15.6. The van der Waals surface area contributed by atoms with E-state index in [4.69, 9.17) is 4.74 Å². The fourth-order valence-corrected chi connectivity index (χ4v) is 5.36. The number of esters is 1. The van der Waals surface area contributed by atoms with Crippen molar-refractivity contribution >= 4 is 5.97 Å². The Labute approximate surface area is 152 Å². The first-order valence-electron chi connectivity index (χ1n) is 10.6. The lowest BCUT2D eigenvalue weighted by molar-refractivity contribution is -0.157. The molecule has 0 amide bonds. The van der Waals surface area contributed by atoms with Crippen LogP contribution in [0.4, 0.5) is 4.39 Å². The van der Waals surface area contributed by atoms with Crippen LogP contribution >= 0.6 is 0 Å². The molecule has 0 unspecified atom stereocenters. The molecular formula is C22H35FO2. The summed E-state index contributed by atoms with van der Waals surface area (Å²) in [6, 6.07) is 0. The maximum absolute atomic E-state index is 13.2. The molecule has 0 atom stereocenters. The van der Waals surface area contributed by atoms with Crippen LogP contribution in [0.2, 0.25) is 0 Å². The predicted molar refractivity (Wildman–Crippen MR) is 99.0 cm³/mol. The van der Waals surface area contributed by atoms with Crippen molar-refractivity contribution in [3.05, 3.63) is 12.7 Å². The highest BCUT2D eigenvalue weighted by molar-refractivity contribution is 5.72. The number of rotatable bonds is 5. The van der Waals surface area contributed by atoms with Gasteiger partial charge in [0.1, 0.15) is 12.3 Å². The molecule has 2 nitrogen and oxygen atoms in total. The molecule has 142 valence electrons. The second-order valence-electron chi connectivity index (χ2n) is 8.73. The molecular weight excluding hydrogens is 315 g/mol. The van der Waals surface area contributed by atoms with Gasteiger partial charge in [-0.2, -0.15) is 0 Å².